The molecule has 0 aromatic heterocycles. The van der Waals surface area contributed by atoms with Gasteiger partial charge in [0.2, 0.25) is 0 Å². The smallest absolute Gasteiger partial charge is 0.0483 e. The Balaban J connectivity index is 2.18. The first-order valence-electron chi connectivity index (χ1n) is 7.66. The van der Waals surface area contributed by atoms with Crippen LogP contribution in [0.25, 0.3) is 0 Å². The fraction of sp³-hybridized carbons (Fsp3) is 0.647. The summed E-state index contributed by atoms with van der Waals surface area (Å²) in [6.45, 7) is 5.76. The number of nitrogens with zero attached hydrogens (tertiary/aromatic N) is 1. The van der Waals surface area contributed by atoms with Crippen molar-refractivity contribution >= 4 is 11.8 Å². The molecule has 112 valence electrons. The van der Waals surface area contributed by atoms with Gasteiger partial charge in [-0.25, -0.2) is 0 Å². The SMILES string of the molecule is CNC(c1cccc(CC(C)C)c1)C1CSCCN1C. The third kappa shape index (κ3) is 4.00. The summed E-state index contributed by atoms with van der Waals surface area (Å²) in [6, 6.07) is 10.2. The van der Waals surface area contributed by atoms with Crippen LogP contribution in [0.2, 0.25) is 0 Å². The largest absolute Gasteiger partial charge is 0.312 e. The Morgan fingerprint density at radius 2 is 2.20 bits per heavy atom. The van der Waals surface area contributed by atoms with E-state index >= 15 is 0 Å². The summed E-state index contributed by atoms with van der Waals surface area (Å²) in [4.78, 5) is 2.51. The van der Waals surface area contributed by atoms with E-state index in [1.54, 1.807) is 0 Å². The fourth-order valence-electron chi connectivity index (χ4n) is 3.02. The van der Waals surface area contributed by atoms with Gasteiger partial charge in [0.1, 0.15) is 0 Å². The molecule has 20 heavy (non-hydrogen) atoms. The standard InChI is InChI=1S/C17H28N2S/c1-13(2)10-14-6-5-7-15(11-14)17(18-3)16-12-20-9-8-19(16)4/h5-7,11,13,16-18H,8-10,12H2,1-4H3. The van der Waals surface area contributed by atoms with E-state index in [-0.39, 0.29) is 0 Å². The maximum absolute atomic E-state index is 3.54. The fourth-order valence-corrected chi connectivity index (χ4v) is 4.29. The predicted octanol–water partition coefficient (Wildman–Crippen LogP) is 3.19. The molecule has 0 spiro atoms. The molecule has 0 amide bonds. The van der Waals surface area contributed by atoms with Crippen molar-refractivity contribution in [3.8, 4) is 0 Å². The van der Waals surface area contributed by atoms with Crippen LogP contribution in [0.5, 0.6) is 0 Å². The van der Waals surface area contributed by atoms with Crippen molar-refractivity contribution in [2.75, 3.05) is 32.1 Å². The molecule has 1 heterocycles. The van der Waals surface area contributed by atoms with Crippen LogP contribution >= 0.6 is 11.8 Å². The topological polar surface area (TPSA) is 15.3 Å². The van der Waals surface area contributed by atoms with E-state index in [9.17, 15) is 0 Å². The molecule has 3 heteroatoms. The summed E-state index contributed by atoms with van der Waals surface area (Å²) < 4.78 is 0. The third-order valence-electron chi connectivity index (χ3n) is 4.09. The Hall–Kier alpha value is -0.510. The number of nitrogens with one attached hydrogen (secondary N) is 1. The van der Waals surface area contributed by atoms with Crippen LogP contribution in [0.3, 0.4) is 0 Å². The lowest BCUT2D eigenvalue weighted by Crippen LogP contribution is -2.47. The van der Waals surface area contributed by atoms with Crippen LogP contribution in [0, 0.1) is 5.92 Å². The van der Waals surface area contributed by atoms with Crippen molar-refractivity contribution in [3.63, 3.8) is 0 Å². The maximum Gasteiger partial charge on any atom is 0.0483 e. The van der Waals surface area contributed by atoms with Crippen molar-refractivity contribution in [2.45, 2.75) is 32.4 Å². The lowest BCUT2D eigenvalue weighted by atomic mass is 9.95. The molecule has 2 atom stereocenters. The molecular weight excluding hydrogens is 264 g/mol. The minimum atomic E-state index is 0.430. The van der Waals surface area contributed by atoms with E-state index < -0.39 is 0 Å². The van der Waals surface area contributed by atoms with Gasteiger partial charge in [-0.05, 0) is 37.6 Å². The second kappa shape index (κ2) is 7.48. The molecule has 0 saturated carbocycles. The highest BCUT2D eigenvalue weighted by atomic mass is 32.2. The van der Waals surface area contributed by atoms with Gasteiger partial charge in [-0.15, -0.1) is 0 Å². The molecule has 2 nitrogen and oxygen atoms in total. The lowest BCUT2D eigenvalue weighted by Gasteiger charge is -2.38. The number of benzene rings is 1. The minimum Gasteiger partial charge on any atom is -0.312 e. The van der Waals surface area contributed by atoms with Gasteiger partial charge in [-0.3, -0.25) is 4.90 Å². The predicted molar refractivity (Wildman–Crippen MR) is 90.5 cm³/mol. The first-order chi connectivity index (χ1) is 9.61. The molecule has 1 fully saturated rings. The molecule has 0 bridgehead atoms. The Morgan fingerprint density at radius 1 is 1.40 bits per heavy atom. The first-order valence-corrected chi connectivity index (χ1v) is 8.81. The van der Waals surface area contributed by atoms with Crippen molar-refractivity contribution in [2.24, 2.45) is 5.92 Å². The van der Waals surface area contributed by atoms with Crippen LogP contribution in [-0.2, 0) is 6.42 Å². The average molecular weight is 292 g/mol. The number of hydrogen-bond donors (Lipinski definition) is 1. The third-order valence-corrected chi connectivity index (χ3v) is 5.14. The summed E-state index contributed by atoms with van der Waals surface area (Å²) in [5.41, 5.74) is 2.90. The zero-order valence-corrected chi connectivity index (χ0v) is 14.0. The summed E-state index contributed by atoms with van der Waals surface area (Å²) >= 11 is 2.08. The van der Waals surface area contributed by atoms with E-state index in [0.29, 0.717) is 18.0 Å². The van der Waals surface area contributed by atoms with E-state index in [0.717, 1.165) is 0 Å². The van der Waals surface area contributed by atoms with Crippen molar-refractivity contribution < 1.29 is 0 Å². The lowest BCUT2D eigenvalue weighted by molar-refractivity contribution is 0.221. The highest BCUT2D eigenvalue weighted by Crippen LogP contribution is 2.27. The molecule has 0 radical (unpaired) electrons. The van der Waals surface area contributed by atoms with E-state index in [1.165, 1.54) is 35.6 Å². The molecule has 0 aliphatic carbocycles. The zero-order valence-electron chi connectivity index (χ0n) is 13.2. The molecule has 1 aliphatic rings. The van der Waals surface area contributed by atoms with Crippen LogP contribution in [0.4, 0.5) is 0 Å². The number of likely N-dealkylation sites (N-methyl/N-ethyl adjacent to an activating group) is 2. The summed E-state index contributed by atoms with van der Waals surface area (Å²) in [5, 5.41) is 3.54. The Kier molecular flexibility index (Phi) is 5.94. The van der Waals surface area contributed by atoms with Gasteiger partial charge >= 0.3 is 0 Å². The van der Waals surface area contributed by atoms with E-state index in [1.807, 2.05) is 0 Å². The molecule has 2 rings (SSSR count). The van der Waals surface area contributed by atoms with Crippen LogP contribution < -0.4 is 5.32 Å². The first kappa shape index (κ1) is 15.9. The summed E-state index contributed by atoms with van der Waals surface area (Å²) in [6.07, 6.45) is 1.17. The van der Waals surface area contributed by atoms with Gasteiger partial charge in [-0.1, -0.05) is 38.1 Å². The molecule has 2 unspecified atom stereocenters. The van der Waals surface area contributed by atoms with Crippen molar-refractivity contribution in [3.05, 3.63) is 35.4 Å². The van der Waals surface area contributed by atoms with E-state index in [4.69, 9.17) is 0 Å². The van der Waals surface area contributed by atoms with Crippen LogP contribution in [-0.4, -0.2) is 43.1 Å². The second-order valence-corrected chi connectivity index (χ2v) is 7.38. The van der Waals surface area contributed by atoms with Crippen molar-refractivity contribution in [1.29, 1.82) is 0 Å². The number of thioether (sulfide) groups is 1. The van der Waals surface area contributed by atoms with E-state index in [2.05, 4.69) is 74.2 Å². The van der Waals surface area contributed by atoms with Gasteiger partial charge in [-0.2, -0.15) is 11.8 Å². The number of hydrogen-bond acceptors (Lipinski definition) is 3. The Morgan fingerprint density at radius 3 is 2.85 bits per heavy atom. The summed E-state index contributed by atoms with van der Waals surface area (Å²) in [5.74, 6) is 3.19. The summed E-state index contributed by atoms with van der Waals surface area (Å²) in [7, 11) is 4.35. The van der Waals surface area contributed by atoms with Crippen LogP contribution in [0.15, 0.2) is 24.3 Å². The quantitative estimate of drug-likeness (QED) is 0.897. The zero-order chi connectivity index (χ0) is 14.5. The molecular formula is C17H28N2S. The monoisotopic (exact) mass is 292 g/mol. The molecule has 1 aliphatic heterocycles. The Bertz CT molecular complexity index is 419. The highest BCUT2D eigenvalue weighted by Gasteiger charge is 2.28. The van der Waals surface area contributed by atoms with Gasteiger partial charge in [0.25, 0.3) is 0 Å². The highest BCUT2D eigenvalue weighted by molar-refractivity contribution is 7.99. The van der Waals surface area contributed by atoms with Gasteiger partial charge in [0, 0.05) is 30.1 Å². The van der Waals surface area contributed by atoms with Gasteiger partial charge in [0.05, 0.1) is 0 Å². The second-order valence-electron chi connectivity index (χ2n) is 6.23. The van der Waals surface area contributed by atoms with Crippen molar-refractivity contribution in [1.82, 2.24) is 10.2 Å². The molecule has 1 aromatic carbocycles. The van der Waals surface area contributed by atoms with Crippen LogP contribution in [0.1, 0.15) is 31.0 Å². The minimum absolute atomic E-state index is 0.430. The molecule has 1 aromatic rings. The normalized spacial score (nSPS) is 22.1. The molecule has 1 saturated heterocycles. The maximum atomic E-state index is 3.54. The number of rotatable bonds is 5. The molecule has 1 N–H and O–H groups in total. The Labute approximate surface area is 128 Å². The van der Waals surface area contributed by atoms with Gasteiger partial charge < -0.3 is 5.32 Å². The average Bonchev–Trinajstić information content (AvgIpc) is 2.41. The van der Waals surface area contributed by atoms with Gasteiger partial charge in [0.15, 0.2) is 0 Å².